The molecule has 0 amide bonds. The zero-order valence-electron chi connectivity index (χ0n) is 11.7. The average Bonchev–Trinajstić information content (AvgIpc) is 2.73. The molecule has 0 spiro atoms. The van der Waals surface area contributed by atoms with Crippen molar-refractivity contribution in [3.8, 4) is 5.75 Å². The number of hydrogen-bond acceptors (Lipinski definition) is 2. The first-order chi connectivity index (χ1) is 9.11. The van der Waals surface area contributed by atoms with Gasteiger partial charge in [-0.2, -0.15) is 13.2 Å². The Morgan fingerprint density at radius 1 is 1.30 bits per heavy atom. The second-order valence-electron chi connectivity index (χ2n) is 5.88. The molecule has 1 aromatic carbocycles. The van der Waals surface area contributed by atoms with Gasteiger partial charge in [-0.1, -0.05) is 31.5 Å². The van der Waals surface area contributed by atoms with Crippen LogP contribution in [0.2, 0.25) is 0 Å². The van der Waals surface area contributed by atoms with Gasteiger partial charge in [0.05, 0.1) is 6.61 Å². The number of carbonyl (C=O) groups excluding carboxylic acids is 1. The predicted octanol–water partition coefficient (Wildman–Crippen LogP) is 3.73. The Morgan fingerprint density at radius 3 is 2.55 bits per heavy atom. The number of ketones is 1. The van der Waals surface area contributed by atoms with Crippen LogP contribution in [0.25, 0.3) is 0 Å². The van der Waals surface area contributed by atoms with Crippen molar-refractivity contribution in [3.05, 3.63) is 28.8 Å². The summed E-state index contributed by atoms with van der Waals surface area (Å²) in [5.74, 6) is -1.05. The monoisotopic (exact) mass is 286 g/mol. The molecule has 0 saturated heterocycles. The topological polar surface area (TPSA) is 26.3 Å². The summed E-state index contributed by atoms with van der Waals surface area (Å²) >= 11 is 0. The van der Waals surface area contributed by atoms with Crippen molar-refractivity contribution in [2.24, 2.45) is 0 Å². The summed E-state index contributed by atoms with van der Waals surface area (Å²) < 4.78 is 42.9. The van der Waals surface area contributed by atoms with Gasteiger partial charge in [0.2, 0.25) is 5.78 Å². The number of Topliss-reactive ketones (excluding diaryl/α,β-unsaturated/α-hetero) is 1. The van der Waals surface area contributed by atoms with E-state index in [0.29, 0.717) is 17.9 Å². The van der Waals surface area contributed by atoms with E-state index in [1.165, 1.54) is 0 Å². The number of rotatable bonds is 3. The second-order valence-corrected chi connectivity index (χ2v) is 5.88. The van der Waals surface area contributed by atoms with E-state index in [-0.39, 0.29) is 0 Å². The Balaban J connectivity index is 2.37. The number of ether oxygens (including phenoxy) is 1. The molecule has 110 valence electrons. The van der Waals surface area contributed by atoms with Crippen LogP contribution >= 0.6 is 0 Å². The van der Waals surface area contributed by atoms with Crippen molar-refractivity contribution in [2.75, 3.05) is 6.61 Å². The van der Waals surface area contributed by atoms with Crippen LogP contribution in [0.4, 0.5) is 13.2 Å². The molecular weight excluding hydrogens is 269 g/mol. The van der Waals surface area contributed by atoms with Crippen LogP contribution in [0.15, 0.2) is 12.1 Å². The van der Waals surface area contributed by atoms with Gasteiger partial charge in [-0.25, -0.2) is 0 Å². The van der Waals surface area contributed by atoms with Crippen molar-refractivity contribution in [3.63, 3.8) is 0 Å². The van der Waals surface area contributed by atoms with Gasteiger partial charge in [-0.3, -0.25) is 4.79 Å². The van der Waals surface area contributed by atoms with E-state index in [4.69, 9.17) is 4.74 Å². The van der Waals surface area contributed by atoms with Crippen molar-refractivity contribution in [1.29, 1.82) is 0 Å². The number of halogens is 3. The molecule has 0 saturated carbocycles. The molecule has 0 unspecified atom stereocenters. The minimum absolute atomic E-state index is 0.537. The maximum atomic E-state index is 12.5. The van der Waals surface area contributed by atoms with Crippen LogP contribution in [-0.2, 0) is 16.6 Å². The molecule has 0 N–H and O–H groups in total. The molecule has 1 aliphatic rings. The van der Waals surface area contributed by atoms with Crippen molar-refractivity contribution < 1.29 is 22.7 Å². The van der Waals surface area contributed by atoms with Gasteiger partial charge in [0.15, 0.2) is 0 Å². The van der Waals surface area contributed by atoms with Crippen molar-refractivity contribution in [1.82, 2.24) is 0 Å². The molecule has 20 heavy (non-hydrogen) atoms. The van der Waals surface area contributed by atoms with E-state index in [9.17, 15) is 18.0 Å². The molecule has 1 heterocycles. The van der Waals surface area contributed by atoms with Gasteiger partial charge < -0.3 is 4.74 Å². The van der Waals surface area contributed by atoms with Crippen LogP contribution in [0.5, 0.6) is 5.75 Å². The molecule has 0 radical (unpaired) electrons. The fraction of sp³-hybridized carbons (Fsp3) is 0.533. The Hall–Kier alpha value is -1.52. The Labute approximate surface area is 115 Å². The van der Waals surface area contributed by atoms with E-state index in [1.54, 1.807) is 13.8 Å². The normalized spacial score (nSPS) is 14.9. The van der Waals surface area contributed by atoms with E-state index >= 15 is 0 Å². The number of benzene rings is 1. The number of carbonyl (C=O) groups is 1. The number of hydrogen-bond donors (Lipinski definition) is 0. The Morgan fingerprint density at radius 2 is 1.95 bits per heavy atom. The highest BCUT2D eigenvalue weighted by Crippen LogP contribution is 2.41. The van der Waals surface area contributed by atoms with E-state index in [2.05, 4.69) is 0 Å². The summed E-state index contributed by atoms with van der Waals surface area (Å²) in [6, 6.07) is 3.79. The maximum Gasteiger partial charge on any atom is 0.450 e. The lowest BCUT2D eigenvalue weighted by Crippen LogP contribution is -2.31. The smallest absolute Gasteiger partial charge is 0.450 e. The van der Waals surface area contributed by atoms with Crippen LogP contribution in [0.3, 0.4) is 0 Å². The van der Waals surface area contributed by atoms with Gasteiger partial charge in [0.1, 0.15) is 5.75 Å². The van der Waals surface area contributed by atoms with Crippen LogP contribution in [0.1, 0.15) is 37.0 Å². The Bertz CT molecular complexity index is 545. The molecule has 2 nitrogen and oxygen atoms in total. The minimum atomic E-state index is -4.79. The molecule has 2 rings (SSSR count). The molecule has 1 aromatic rings. The molecule has 5 heteroatoms. The first kappa shape index (κ1) is 14.9. The highest BCUT2D eigenvalue weighted by atomic mass is 19.4. The van der Waals surface area contributed by atoms with Crippen LogP contribution < -0.4 is 4.74 Å². The first-order valence-electron chi connectivity index (χ1n) is 6.48. The van der Waals surface area contributed by atoms with Gasteiger partial charge in [-0.15, -0.1) is 0 Å². The molecular formula is C15H17F3O2. The zero-order valence-corrected chi connectivity index (χ0v) is 11.7. The standard InChI is InChI=1S/C15H17F3O2/c1-9-6-10-4-5-20-13(10)11(7-9)14(2,3)8-12(19)15(16,17)18/h6-7H,4-5,8H2,1-3H3. The van der Waals surface area contributed by atoms with Gasteiger partial charge in [0.25, 0.3) is 0 Å². The highest BCUT2D eigenvalue weighted by molar-refractivity contribution is 5.85. The largest absolute Gasteiger partial charge is 0.493 e. The van der Waals surface area contributed by atoms with Gasteiger partial charge in [-0.05, 0) is 12.5 Å². The quantitative estimate of drug-likeness (QED) is 0.846. The van der Waals surface area contributed by atoms with Crippen molar-refractivity contribution >= 4 is 5.78 Å². The average molecular weight is 286 g/mol. The maximum absolute atomic E-state index is 12.5. The predicted molar refractivity (Wildman–Crippen MR) is 69.1 cm³/mol. The lowest BCUT2D eigenvalue weighted by atomic mass is 9.78. The van der Waals surface area contributed by atoms with E-state index in [0.717, 1.165) is 17.5 Å². The van der Waals surface area contributed by atoms with Gasteiger partial charge in [0, 0.05) is 23.8 Å². The zero-order chi connectivity index (χ0) is 15.1. The van der Waals surface area contributed by atoms with E-state index in [1.807, 2.05) is 19.1 Å². The summed E-state index contributed by atoms with van der Waals surface area (Å²) in [7, 11) is 0. The molecule has 0 aromatic heterocycles. The SMILES string of the molecule is Cc1cc2c(c(C(C)(C)CC(=O)C(F)(F)F)c1)OCC2. The minimum Gasteiger partial charge on any atom is -0.493 e. The number of fused-ring (bicyclic) bond motifs is 1. The first-order valence-corrected chi connectivity index (χ1v) is 6.48. The molecule has 0 bridgehead atoms. The third-order valence-corrected chi connectivity index (χ3v) is 3.58. The lowest BCUT2D eigenvalue weighted by molar-refractivity contribution is -0.172. The summed E-state index contributed by atoms with van der Waals surface area (Å²) in [5.41, 5.74) is 1.75. The fourth-order valence-electron chi connectivity index (χ4n) is 2.57. The van der Waals surface area contributed by atoms with Crippen molar-refractivity contribution in [2.45, 2.75) is 45.2 Å². The highest BCUT2D eigenvalue weighted by Gasteiger charge is 2.42. The summed E-state index contributed by atoms with van der Waals surface area (Å²) in [4.78, 5) is 11.3. The third kappa shape index (κ3) is 2.81. The second kappa shape index (κ2) is 4.79. The number of alkyl halides is 3. The summed E-state index contributed by atoms with van der Waals surface area (Å²) in [5, 5.41) is 0. The summed E-state index contributed by atoms with van der Waals surface area (Å²) in [6.07, 6.45) is -4.60. The van der Waals surface area contributed by atoms with Gasteiger partial charge >= 0.3 is 6.18 Å². The summed E-state index contributed by atoms with van der Waals surface area (Å²) in [6.45, 7) is 5.72. The molecule has 1 aliphatic heterocycles. The molecule has 0 aliphatic carbocycles. The third-order valence-electron chi connectivity index (χ3n) is 3.58. The Kier molecular flexibility index (Phi) is 3.56. The molecule has 0 fully saturated rings. The molecule has 0 atom stereocenters. The number of aryl methyl sites for hydroxylation is 1. The van der Waals surface area contributed by atoms with Crippen LogP contribution in [0, 0.1) is 6.92 Å². The van der Waals surface area contributed by atoms with Crippen LogP contribution in [-0.4, -0.2) is 18.6 Å². The lowest BCUT2D eigenvalue weighted by Gasteiger charge is -2.27. The fourth-order valence-corrected chi connectivity index (χ4v) is 2.57. The van der Waals surface area contributed by atoms with E-state index < -0.39 is 23.8 Å².